The average molecular weight is 319 g/mol. The van der Waals surface area contributed by atoms with Crippen LogP contribution >= 0.6 is 0 Å². The molecule has 0 radical (unpaired) electrons. The molecule has 3 heterocycles. The first-order valence-electron chi connectivity index (χ1n) is 8.77. The van der Waals surface area contributed by atoms with E-state index >= 15 is 0 Å². The number of hydrogen-bond acceptors (Lipinski definition) is 4. The van der Waals surface area contributed by atoms with Gasteiger partial charge >= 0.3 is 0 Å². The van der Waals surface area contributed by atoms with Crippen LogP contribution in [0.4, 0.5) is 0 Å². The molecule has 0 saturated carbocycles. The van der Waals surface area contributed by atoms with Crippen molar-refractivity contribution >= 4 is 5.91 Å². The Bertz CT molecular complexity index is 518. The van der Waals surface area contributed by atoms with Crippen molar-refractivity contribution in [3.63, 3.8) is 0 Å². The van der Waals surface area contributed by atoms with Crippen LogP contribution in [0.25, 0.3) is 0 Å². The number of ether oxygens (including phenoxy) is 1. The van der Waals surface area contributed by atoms with Crippen LogP contribution in [0.5, 0.6) is 0 Å². The summed E-state index contributed by atoms with van der Waals surface area (Å²) in [5.74, 6) is 0.225. The Morgan fingerprint density at radius 3 is 2.87 bits per heavy atom. The molecule has 0 aromatic heterocycles. The smallest absolute Gasteiger partial charge is 0.225 e. The lowest BCUT2D eigenvalue weighted by molar-refractivity contribution is -0.136. The Labute approximate surface area is 139 Å². The highest BCUT2D eigenvalue weighted by molar-refractivity contribution is 5.77. The van der Waals surface area contributed by atoms with Crippen molar-refractivity contribution in [3.8, 4) is 0 Å². The molecule has 0 aliphatic carbocycles. The first-order chi connectivity index (χ1) is 11.0. The topological polar surface area (TPSA) is 44.8 Å². The van der Waals surface area contributed by atoms with E-state index in [-0.39, 0.29) is 17.7 Å². The molecule has 3 aliphatic rings. The summed E-state index contributed by atoms with van der Waals surface area (Å²) in [6.07, 6.45) is 8.46. The van der Waals surface area contributed by atoms with Gasteiger partial charge in [-0.15, -0.1) is 0 Å². The normalized spacial score (nSPS) is 29.2. The predicted molar refractivity (Wildman–Crippen MR) is 90.5 cm³/mol. The number of carbonyl (C=O) groups is 1. The molecule has 0 aromatic rings. The SMILES string of the molecule is C/C=C1\CC(CCC(=O)N2CC3(CCN(C)CC3)OC2C)=CN1. The molecule has 5 heteroatoms. The molecular weight excluding hydrogens is 290 g/mol. The molecule has 5 nitrogen and oxygen atoms in total. The number of amides is 1. The highest BCUT2D eigenvalue weighted by Crippen LogP contribution is 2.35. The molecule has 0 aromatic carbocycles. The van der Waals surface area contributed by atoms with Gasteiger partial charge in [-0.3, -0.25) is 4.79 Å². The first-order valence-corrected chi connectivity index (χ1v) is 8.77. The van der Waals surface area contributed by atoms with E-state index in [2.05, 4.69) is 23.3 Å². The van der Waals surface area contributed by atoms with E-state index in [0.29, 0.717) is 6.42 Å². The Morgan fingerprint density at radius 1 is 1.48 bits per heavy atom. The van der Waals surface area contributed by atoms with Crippen molar-refractivity contribution < 1.29 is 9.53 Å². The summed E-state index contributed by atoms with van der Waals surface area (Å²) < 4.78 is 6.22. The van der Waals surface area contributed by atoms with E-state index in [1.165, 1.54) is 11.3 Å². The molecule has 23 heavy (non-hydrogen) atoms. The van der Waals surface area contributed by atoms with E-state index in [1.54, 1.807) is 0 Å². The molecule has 2 fully saturated rings. The van der Waals surface area contributed by atoms with E-state index in [1.807, 2.05) is 24.9 Å². The lowest BCUT2D eigenvalue weighted by atomic mass is 9.91. The second-order valence-electron chi connectivity index (χ2n) is 7.16. The molecule has 3 aliphatic heterocycles. The van der Waals surface area contributed by atoms with Crippen molar-refractivity contribution in [2.45, 2.75) is 57.8 Å². The first kappa shape index (κ1) is 16.5. The number of piperidine rings is 1. The maximum absolute atomic E-state index is 12.6. The zero-order chi connectivity index (χ0) is 16.4. The molecule has 1 spiro atoms. The van der Waals surface area contributed by atoms with E-state index < -0.39 is 0 Å². The van der Waals surface area contributed by atoms with Crippen molar-refractivity contribution in [3.05, 3.63) is 23.5 Å². The zero-order valence-corrected chi connectivity index (χ0v) is 14.6. The fraction of sp³-hybridized carbons (Fsp3) is 0.722. The summed E-state index contributed by atoms with van der Waals surface area (Å²) in [5.41, 5.74) is 2.44. The van der Waals surface area contributed by atoms with Gasteiger partial charge in [0.05, 0.1) is 12.1 Å². The Kier molecular flexibility index (Phi) is 4.78. The van der Waals surface area contributed by atoms with Crippen LogP contribution in [0.15, 0.2) is 23.5 Å². The number of hydrogen-bond donors (Lipinski definition) is 1. The standard InChI is InChI=1S/C18H29N3O2/c1-4-16-11-15(12-19-16)5-6-17(22)21-13-18(23-14(21)2)7-9-20(3)10-8-18/h4,12,14,19H,5-11,13H2,1-3H3/b16-4+. The minimum Gasteiger partial charge on any atom is -0.365 e. The predicted octanol–water partition coefficient (Wildman–Crippen LogP) is 2.22. The van der Waals surface area contributed by atoms with Gasteiger partial charge in [-0.05, 0) is 45.7 Å². The number of allylic oxidation sites excluding steroid dienone is 2. The molecule has 2 saturated heterocycles. The van der Waals surface area contributed by atoms with Gasteiger partial charge in [0.2, 0.25) is 5.91 Å². The van der Waals surface area contributed by atoms with Gasteiger partial charge in [0.25, 0.3) is 0 Å². The third kappa shape index (κ3) is 3.61. The quantitative estimate of drug-likeness (QED) is 0.866. The average Bonchev–Trinajstić information content (AvgIpc) is 3.13. The lowest BCUT2D eigenvalue weighted by Gasteiger charge is -2.36. The second-order valence-corrected chi connectivity index (χ2v) is 7.16. The lowest BCUT2D eigenvalue weighted by Crippen LogP contribution is -2.46. The van der Waals surface area contributed by atoms with Crippen LogP contribution in [0.3, 0.4) is 0 Å². The Morgan fingerprint density at radius 2 is 2.22 bits per heavy atom. The van der Waals surface area contributed by atoms with Crippen molar-refractivity contribution in [2.24, 2.45) is 0 Å². The van der Waals surface area contributed by atoms with Crippen LogP contribution < -0.4 is 5.32 Å². The summed E-state index contributed by atoms with van der Waals surface area (Å²) in [7, 11) is 2.15. The highest BCUT2D eigenvalue weighted by Gasteiger charge is 2.46. The van der Waals surface area contributed by atoms with Crippen molar-refractivity contribution in [1.29, 1.82) is 0 Å². The number of nitrogens with zero attached hydrogens (tertiary/aromatic N) is 2. The fourth-order valence-electron chi connectivity index (χ4n) is 3.79. The molecule has 0 bridgehead atoms. The number of rotatable bonds is 3. The van der Waals surface area contributed by atoms with Gasteiger partial charge in [-0.1, -0.05) is 6.08 Å². The van der Waals surface area contributed by atoms with Crippen LogP contribution in [0, 0.1) is 0 Å². The Hall–Kier alpha value is -1.33. The van der Waals surface area contributed by atoms with Gasteiger partial charge in [0, 0.05) is 37.8 Å². The second kappa shape index (κ2) is 6.65. The summed E-state index contributed by atoms with van der Waals surface area (Å²) >= 11 is 0. The van der Waals surface area contributed by atoms with Crippen LogP contribution in [0.2, 0.25) is 0 Å². The van der Waals surface area contributed by atoms with Crippen LogP contribution in [-0.4, -0.2) is 54.2 Å². The highest BCUT2D eigenvalue weighted by atomic mass is 16.5. The van der Waals surface area contributed by atoms with E-state index in [9.17, 15) is 4.79 Å². The maximum atomic E-state index is 12.6. The number of carbonyl (C=O) groups excluding carboxylic acids is 1. The summed E-state index contributed by atoms with van der Waals surface area (Å²) in [6, 6.07) is 0. The van der Waals surface area contributed by atoms with E-state index in [4.69, 9.17) is 4.74 Å². The van der Waals surface area contributed by atoms with Crippen molar-refractivity contribution in [2.75, 3.05) is 26.7 Å². The fourth-order valence-corrected chi connectivity index (χ4v) is 3.79. The molecule has 1 unspecified atom stereocenters. The third-order valence-electron chi connectivity index (χ3n) is 5.42. The maximum Gasteiger partial charge on any atom is 0.225 e. The van der Waals surface area contributed by atoms with Gasteiger partial charge in [0.15, 0.2) is 0 Å². The van der Waals surface area contributed by atoms with Gasteiger partial charge < -0.3 is 19.9 Å². The Balaban J connectivity index is 1.52. The monoisotopic (exact) mass is 319 g/mol. The minimum absolute atomic E-state index is 0.0901. The van der Waals surface area contributed by atoms with Crippen LogP contribution in [0.1, 0.15) is 46.0 Å². The van der Waals surface area contributed by atoms with Crippen LogP contribution in [-0.2, 0) is 9.53 Å². The molecular formula is C18H29N3O2. The zero-order valence-electron chi connectivity index (χ0n) is 14.6. The van der Waals surface area contributed by atoms with Crippen molar-refractivity contribution in [1.82, 2.24) is 15.1 Å². The van der Waals surface area contributed by atoms with Gasteiger partial charge in [-0.2, -0.15) is 0 Å². The van der Waals surface area contributed by atoms with Gasteiger partial charge in [-0.25, -0.2) is 0 Å². The molecule has 3 rings (SSSR count). The summed E-state index contributed by atoms with van der Waals surface area (Å²) in [4.78, 5) is 16.9. The largest absolute Gasteiger partial charge is 0.365 e. The van der Waals surface area contributed by atoms with Gasteiger partial charge in [0.1, 0.15) is 6.23 Å². The molecule has 1 atom stereocenters. The van der Waals surface area contributed by atoms with E-state index in [0.717, 1.165) is 45.3 Å². The third-order valence-corrected chi connectivity index (χ3v) is 5.42. The number of nitrogens with one attached hydrogen (secondary N) is 1. The summed E-state index contributed by atoms with van der Waals surface area (Å²) in [6.45, 7) is 6.92. The number of likely N-dealkylation sites (tertiary alicyclic amines) is 1. The molecule has 1 N–H and O–H groups in total. The summed E-state index contributed by atoms with van der Waals surface area (Å²) in [5, 5.41) is 3.25. The molecule has 1 amide bonds. The molecule has 128 valence electrons. The minimum atomic E-state index is -0.103.